The molecule has 0 saturated carbocycles. The summed E-state index contributed by atoms with van der Waals surface area (Å²) in [6.07, 6.45) is 6.58. The lowest BCUT2D eigenvalue weighted by molar-refractivity contribution is 0.181. The van der Waals surface area contributed by atoms with Crippen molar-refractivity contribution in [2.75, 3.05) is 12.0 Å². The first-order chi connectivity index (χ1) is 8.90. The van der Waals surface area contributed by atoms with Crippen LogP contribution in [0.2, 0.25) is 5.15 Å². The number of aryl methyl sites for hydroxylation is 1. The monoisotopic (exact) mass is 298 g/mol. The lowest BCUT2D eigenvalue weighted by Gasteiger charge is -2.37. The Balaban J connectivity index is 2.42. The van der Waals surface area contributed by atoms with E-state index in [1.165, 1.54) is 18.4 Å². The van der Waals surface area contributed by atoms with Gasteiger partial charge in [0.15, 0.2) is 5.15 Å². The van der Waals surface area contributed by atoms with Crippen LogP contribution >= 0.6 is 23.4 Å². The number of hydrogen-bond acceptors (Lipinski definition) is 3. The average molecular weight is 299 g/mol. The van der Waals surface area contributed by atoms with Crippen molar-refractivity contribution >= 4 is 29.1 Å². The zero-order valence-electron chi connectivity index (χ0n) is 12.2. The van der Waals surface area contributed by atoms with Crippen LogP contribution in [0.4, 0.5) is 5.69 Å². The Morgan fingerprint density at radius 2 is 2.16 bits per heavy atom. The molecule has 106 valence electrons. The SMILES string of the molecule is CCC(C)(C)C1CCc2nc(Cl)c(N)c(SC)c2C1. The summed E-state index contributed by atoms with van der Waals surface area (Å²) in [6.45, 7) is 7.02. The van der Waals surface area contributed by atoms with Crippen molar-refractivity contribution in [1.82, 2.24) is 4.98 Å². The quantitative estimate of drug-likeness (QED) is 0.656. The number of nitrogens with two attached hydrogens (primary N) is 1. The van der Waals surface area contributed by atoms with Crippen molar-refractivity contribution in [2.45, 2.75) is 51.3 Å². The number of aromatic nitrogens is 1. The van der Waals surface area contributed by atoms with E-state index >= 15 is 0 Å². The third-order valence-electron chi connectivity index (χ3n) is 4.72. The molecule has 1 aromatic rings. The minimum Gasteiger partial charge on any atom is -0.395 e. The van der Waals surface area contributed by atoms with E-state index in [4.69, 9.17) is 17.3 Å². The summed E-state index contributed by atoms with van der Waals surface area (Å²) >= 11 is 7.83. The highest BCUT2D eigenvalue weighted by Gasteiger charge is 2.33. The molecule has 2 N–H and O–H groups in total. The molecule has 4 heteroatoms. The molecule has 1 aliphatic rings. The molecule has 1 heterocycles. The van der Waals surface area contributed by atoms with Gasteiger partial charge in [-0.2, -0.15) is 0 Å². The molecule has 0 spiro atoms. The van der Waals surface area contributed by atoms with Crippen molar-refractivity contribution in [3.05, 3.63) is 16.4 Å². The number of halogens is 1. The first-order valence-electron chi connectivity index (χ1n) is 6.91. The fraction of sp³-hybridized carbons (Fsp3) is 0.667. The van der Waals surface area contributed by atoms with Crippen molar-refractivity contribution in [2.24, 2.45) is 11.3 Å². The molecule has 19 heavy (non-hydrogen) atoms. The third kappa shape index (κ3) is 2.73. The van der Waals surface area contributed by atoms with Gasteiger partial charge in [0.2, 0.25) is 0 Å². The van der Waals surface area contributed by atoms with E-state index in [0.29, 0.717) is 22.2 Å². The topological polar surface area (TPSA) is 38.9 Å². The lowest BCUT2D eigenvalue weighted by atomic mass is 9.69. The van der Waals surface area contributed by atoms with Gasteiger partial charge in [0, 0.05) is 10.6 Å². The zero-order valence-corrected chi connectivity index (χ0v) is 13.8. The molecule has 1 unspecified atom stereocenters. The number of pyridine rings is 1. The summed E-state index contributed by atoms with van der Waals surface area (Å²) in [5.41, 5.74) is 9.62. The number of rotatable bonds is 3. The molecule has 1 aromatic heterocycles. The summed E-state index contributed by atoms with van der Waals surface area (Å²) < 4.78 is 0. The van der Waals surface area contributed by atoms with E-state index in [0.717, 1.165) is 23.4 Å². The van der Waals surface area contributed by atoms with Crippen LogP contribution in [0.5, 0.6) is 0 Å². The Kier molecular flexibility index (Phi) is 4.36. The van der Waals surface area contributed by atoms with Gasteiger partial charge in [-0.25, -0.2) is 4.98 Å². The highest BCUT2D eigenvalue weighted by Crippen LogP contribution is 2.44. The van der Waals surface area contributed by atoms with Gasteiger partial charge in [-0.3, -0.25) is 0 Å². The summed E-state index contributed by atoms with van der Waals surface area (Å²) in [5.74, 6) is 0.707. The molecule has 0 aliphatic heterocycles. The predicted octanol–water partition coefficient (Wildman–Crippen LogP) is 4.58. The van der Waals surface area contributed by atoms with Gasteiger partial charge in [0.25, 0.3) is 0 Å². The van der Waals surface area contributed by atoms with Crippen LogP contribution in [0.25, 0.3) is 0 Å². The number of nitrogens with zero attached hydrogens (tertiary/aromatic N) is 1. The van der Waals surface area contributed by atoms with Crippen LogP contribution in [0, 0.1) is 11.3 Å². The molecule has 1 atom stereocenters. The summed E-state index contributed by atoms with van der Waals surface area (Å²) in [4.78, 5) is 5.64. The summed E-state index contributed by atoms with van der Waals surface area (Å²) in [6, 6.07) is 0. The third-order valence-corrected chi connectivity index (χ3v) is 5.89. The number of hydrogen-bond donors (Lipinski definition) is 1. The van der Waals surface area contributed by atoms with Crippen molar-refractivity contribution in [3.63, 3.8) is 0 Å². The number of fused-ring (bicyclic) bond motifs is 1. The smallest absolute Gasteiger partial charge is 0.153 e. The zero-order chi connectivity index (χ0) is 14.2. The van der Waals surface area contributed by atoms with Crippen molar-refractivity contribution in [3.8, 4) is 0 Å². The maximum Gasteiger partial charge on any atom is 0.153 e. The number of anilines is 1. The van der Waals surface area contributed by atoms with Crippen LogP contribution in [0.15, 0.2) is 4.90 Å². The van der Waals surface area contributed by atoms with Gasteiger partial charge in [-0.1, -0.05) is 38.8 Å². The molecule has 2 nitrogen and oxygen atoms in total. The summed E-state index contributed by atoms with van der Waals surface area (Å²) in [5, 5.41) is 0.469. The van der Waals surface area contributed by atoms with Crippen molar-refractivity contribution < 1.29 is 0 Å². The highest BCUT2D eigenvalue weighted by atomic mass is 35.5. The van der Waals surface area contributed by atoms with Crippen LogP contribution in [0.3, 0.4) is 0 Å². The van der Waals surface area contributed by atoms with Gasteiger partial charge >= 0.3 is 0 Å². The van der Waals surface area contributed by atoms with Crippen LogP contribution in [0.1, 0.15) is 44.9 Å². The van der Waals surface area contributed by atoms with Crippen LogP contribution in [-0.4, -0.2) is 11.2 Å². The van der Waals surface area contributed by atoms with Crippen molar-refractivity contribution in [1.29, 1.82) is 0 Å². The van der Waals surface area contributed by atoms with Crippen LogP contribution < -0.4 is 5.73 Å². The molecule has 0 fully saturated rings. The normalized spacial score (nSPS) is 19.3. The molecule has 0 saturated heterocycles. The second-order valence-electron chi connectivity index (χ2n) is 6.06. The fourth-order valence-corrected chi connectivity index (χ4v) is 3.92. The maximum atomic E-state index is 6.13. The minimum atomic E-state index is 0.377. The molecule has 0 bridgehead atoms. The average Bonchev–Trinajstić information content (AvgIpc) is 2.40. The Morgan fingerprint density at radius 3 is 2.74 bits per heavy atom. The summed E-state index contributed by atoms with van der Waals surface area (Å²) in [7, 11) is 0. The largest absolute Gasteiger partial charge is 0.395 e. The Morgan fingerprint density at radius 1 is 1.47 bits per heavy atom. The van der Waals surface area contributed by atoms with Gasteiger partial charge < -0.3 is 5.73 Å². The van der Waals surface area contributed by atoms with E-state index in [1.807, 2.05) is 0 Å². The predicted molar refractivity (Wildman–Crippen MR) is 85.0 cm³/mol. The number of thioether (sulfide) groups is 1. The molecule has 0 aromatic carbocycles. The first kappa shape index (κ1) is 15.0. The molecule has 0 radical (unpaired) electrons. The molecule has 1 aliphatic carbocycles. The lowest BCUT2D eigenvalue weighted by Crippen LogP contribution is -2.30. The van der Waals surface area contributed by atoms with Gasteiger partial charge in [0.05, 0.1) is 5.69 Å². The maximum absolute atomic E-state index is 6.13. The molecular formula is C15H23ClN2S. The number of nitrogen functional groups attached to an aromatic ring is 1. The van der Waals surface area contributed by atoms with Gasteiger partial charge in [-0.05, 0) is 42.4 Å². The first-order valence-corrected chi connectivity index (χ1v) is 8.51. The second-order valence-corrected chi connectivity index (χ2v) is 7.23. The Labute approximate surface area is 125 Å². The van der Waals surface area contributed by atoms with E-state index in [-0.39, 0.29) is 0 Å². The van der Waals surface area contributed by atoms with Gasteiger partial charge in [0.1, 0.15) is 0 Å². The van der Waals surface area contributed by atoms with E-state index in [9.17, 15) is 0 Å². The minimum absolute atomic E-state index is 0.377. The molecular weight excluding hydrogens is 276 g/mol. The molecule has 2 rings (SSSR count). The van der Waals surface area contributed by atoms with E-state index in [2.05, 4.69) is 32.0 Å². The Hall–Kier alpha value is -0.410. The van der Waals surface area contributed by atoms with Gasteiger partial charge in [-0.15, -0.1) is 11.8 Å². The van der Waals surface area contributed by atoms with E-state index in [1.54, 1.807) is 11.8 Å². The standard InChI is InChI=1S/C15H23ClN2S/c1-5-15(2,3)9-6-7-11-10(8-9)13(19-4)12(17)14(16)18-11/h9H,5-8,17H2,1-4H3. The van der Waals surface area contributed by atoms with E-state index < -0.39 is 0 Å². The second kappa shape index (κ2) is 5.53. The Bertz CT molecular complexity index is 486. The van der Waals surface area contributed by atoms with Crippen LogP contribution in [-0.2, 0) is 12.8 Å². The fourth-order valence-electron chi connectivity index (χ4n) is 2.90. The highest BCUT2D eigenvalue weighted by molar-refractivity contribution is 7.98. The molecule has 0 amide bonds.